The van der Waals surface area contributed by atoms with Gasteiger partial charge in [0.2, 0.25) is 5.91 Å². The SMILES string of the molecule is Cc1c(C2NC(=O)C2C(F)(F)F)nn(C(=O)c2cscn2)c1SCc1ccc(F)cc1. The zero-order valence-corrected chi connectivity index (χ0v) is 17.4. The van der Waals surface area contributed by atoms with Gasteiger partial charge in [0.25, 0.3) is 5.91 Å². The van der Waals surface area contributed by atoms with Crippen LogP contribution in [0.5, 0.6) is 0 Å². The number of halogens is 4. The van der Waals surface area contributed by atoms with Crippen LogP contribution in [0.15, 0.2) is 40.2 Å². The van der Waals surface area contributed by atoms with Crippen molar-refractivity contribution in [2.24, 2.45) is 5.92 Å². The minimum absolute atomic E-state index is 0.0212. The Kier molecular flexibility index (Phi) is 5.60. The number of thiazole rings is 1. The summed E-state index contributed by atoms with van der Waals surface area (Å²) in [6, 6.07) is 4.37. The fourth-order valence-electron chi connectivity index (χ4n) is 3.20. The monoisotopic (exact) mass is 470 g/mol. The Morgan fingerprint density at radius 3 is 2.58 bits per heavy atom. The van der Waals surface area contributed by atoms with Crippen LogP contribution in [-0.2, 0) is 10.5 Å². The van der Waals surface area contributed by atoms with Crippen LogP contribution in [0.3, 0.4) is 0 Å². The first kappa shape index (κ1) is 21.5. The molecule has 1 aliphatic heterocycles. The number of β-lactam (4-membered cyclic amide) rings is 1. The summed E-state index contributed by atoms with van der Waals surface area (Å²) < 4.78 is 54.1. The third kappa shape index (κ3) is 4.09. The number of aromatic nitrogens is 3. The van der Waals surface area contributed by atoms with Crippen molar-refractivity contribution in [2.45, 2.75) is 29.9 Å². The Balaban J connectivity index is 1.70. The van der Waals surface area contributed by atoms with Crippen molar-refractivity contribution in [3.05, 3.63) is 63.5 Å². The van der Waals surface area contributed by atoms with Crippen LogP contribution in [0.4, 0.5) is 17.6 Å². The Morgan fingerprint density at radius 1 is 1.29 bits per heavy atom. The normalized spacial score (nSPS) is 18.5. The predicted octanol–water partition coefficient (Wildman–Crippen LogP) is 4.12. The lowest BCUT2D eigenvalue weighted by Crippen LogP contribution is -2.58. The molecular formula is C19H14F4N4O2S2. The summed E-state index contributed by atoms with van der Waals surface area (Å²) >= 11 is 2.38. The molecule has 2 unspecified atom stereocenters. The molecule has 0 saturated carbocycles. The summed E-state index contributed by atoms with van der Waals surface area (Å²) in [5.41, 5.74) is 2.66. The van der Waals surface area contributed by atoms with E-state index in [4.69, 9.17) is 0 Å². The van der Waals surface area contributed by atoms with Crippen molar-refractivity contribution in [1.29, 1.82) is 0 Å². The van der Waals surface area contributed by atoms with Crippen LogP contribution >= 0.6 is 23.1 Å². The number of hydrogen-bond acceptors (Lipinski definition) is 6. The van der Waals surface area contributed by atoms with E-state index >= 15 is 0 Å². The second kappa shape index (κ2) is 8.08. The molecule has 1 aliphatic rings. The summed E-state index contributed by atoms with van der Waals surface area (Å²) in [5.74, 6) is -4.01. The third-order valence-electron chi connectivity index (χ3n) is 4.80. The molecule has 0 radical (unpaired) electrons. The van der Waals surface area contributed by atoms with E-state index < -0.39 is 35.8 Å². The lowest BCUT2D eigenvalue weighted by molar-refractivity contribution is -0.205. The number of benzene rings is 1. The van der Waals surface area contributed by atoms with Crippen molar-refractivity contribution in [3.8, 4) is 0 Å². The molecule has 0 aliphatic carbocycles. The highest BCUT2D eigenvalue weighted by Gasteiger charge is 2.58. The van der Waals surface area contributed by atoms with Crippen molar-refractivity contribution in [2.75, 3.05) is 0 Å². The molecule has 12 heteroatoms. The third-order valence-corrected chi connectivity index (χ3v) is 6.62. The molecule has 2 atom stereocenters. The van der Waals surface area contributed by atoms with Gasteiger partial charge in [-0.15, -0.1) is 23.1 Å². The van der Waals surface area contributed by atoms with E-state index in [-0.39, 0.29) is 11.4 Å². The van der Waals surface area contributed by atoms with Crippen LogP contribution < -0.4 is 5.32 Å². The van der Waals surface area contributed by atoms with Crippen molar-refractivity contribution >= 4 is 34.9 Å². The first-order valence-electron chi connectivity index (χ1n) is 8.93. The first-order valence-corrected chi connectivity index (χ1v) is 10.9. The lowest BCUT2D eigenvalue weighted by atomic mass is 9.86. The molecule has 4 rings (SSSR count). The summed E-state index contributed by atoms with van der Waals surface area (Å²) in [6.07, 6.45) is -4.73. The van der Waals surface area contributed by atoms with Crippen LogP contribution in [0.1, 0.15) is 33.4 Å². The molecule has 0 bridgehead atoms. The standard InChI is InChI=1S/C19H14F4N4O2S2/c1-9-14(15-13(16(28)25-15)19(21,22)23)26-27(17(29)12-7-30-8-24-12)18(9)31-6-10-2-4-11(20)5-3-10/h2-5,7-8,13,15H,6H2,1H3,(H,25,28). The zero-order valence-electron chi connectivity index (χ0n) is 15.8. The average molecular weight is 470 g/mol. The van der Waals surface area contributed by atoms with Crippen molar-refractivity contribution in [1.82, 2.24) is 20.1 Å². The molecule has 1 fully saturated rings. The number of amides is 1. The van der Waals surface area contributed by atoms with Crippen LogP contribution in [0.2, 0.25) is 0 Å². The molecular weight excluding hydrogens is 456 g/mol. The highest BCUT2D eigenvalue weighted by molar-refractivity contribution is 7.98. The molecule has 2 aromatic heterocycles. The zero-order chi connectivity index (χ0) is 22.3. The number of rotatable bonds is 5. The van der Waals surface area contributed by atoms with Gasteiger partial charge in [0.1, 0.15) is 16.5 Å². The van der Waals surface area contributed by atoms with Gasteiger partial charge in [-0.2, -0.15) is 23.0 Å². The number of alkyl halides is 3. The van der Waals surface area contributed by atoms with Gasteiger partial charge in [-0.05, 0) is 24.6 Å². The fourth-order valence-corrected chi connectivity index (χ4v) is 4.79. The second-order valence-electron chi connectivity index (χ2n) is 6.83. The van der Waals surface area contributed by atoms with Crippen molar-refractivity contribution in [3.63, 3.8) is 0 Å². The number of carbonyl (C=O) groups is 2. The van der Waals surface area contributed by atoms with Gasteiger partial charge in [-0.1, -0.05) is 12.1 Å². The molecule has 1 N–H and O–H groups in total. The molecule has 162 valence electrons. The largest absolute Gasteiger partial charge is 0.402 e. The van der Waals surface area contributed by atoms with Crippen LogP contribution in [0.25, 0.3) is 0 Å². The molecule has 1 amide bonds. The maximum Gasteiger partial charge on any atom is 0.402 e. The lowest BCUT2D eigenvalue weighted by Gasteiger charge is -2.36. The van der Waals surface area contributed by atoms with Crippen molar-refractivity contribution < 1.29 is 27.2 Å². The van der Waals surface area contributed by atoms with E-state index in [1.165, 1.54) is 46.1 Å². The maximum absolute atomic E-state index is 13.3. The predicted molar refractivity (Wildman–Crippen MR) is 105 cm³/mol. The molecule has 3 aromatic rings. The minimum Gasteiger partial charge on any atom is -0.346 e. The number of nitrogens with one attached hydrogen (secondary N) is 1. The highest BCUT2D eigenvalue weighted by atomic mass is 32.2. The van der Waals surface area contributed by atoms with Gasteiger partial charge < -0.3 is 5.32 Å². The Hall–Kier alpha value is -2.73. The number of nitrogens with zero attached hydrogens (tertiary/aromatic N) is 3. The van der Waals surface area contributed by atoms with Gasteiger partial charge in [0.05, 0.1) is 17.2 Å². The van der Waals surface area contributed by atoms with E-state index in [1.54, 1.807) is 19.1 Å². The van der Waals surface area contributed by atoms with E-state index in [9.17, 15) is 27.2 Å². The molecule has 1 saturated heterocycles. The Bertz CT molecular complexity index is 1130. The van der Waals surface area contributed by atoms with Gasteiger partial charge in [0, 0.05) is 16.7 Å². The molecule has 6 nitrogen and oxygen atoms in total. The smallest absolute Gasteiger partial charge is 0.346 e. The van der Waals surface area contributed by atoms with Gasteiger partial charge >= 0.3 is 6.18 Å². The minimum atomic E-state index is -4.73. The Labute approximate surface area is 181 Å². The summed E-state index contributed by atoms with van der Waals surface area (Å²) in [4.78, 5) is 28.4. The van der Waals surface area contributed by atoms with Crippen LogP contribution in [0, 0.1) is 18.7 Å². The summed E-state index contributed by atoms with van der Waals surface area (Å²) in [5, 5.41) is 8.23. The molecule has 1 aromatic carbocycles. The summed E-state index contributed by atoms with van der Waals surface area (Å²) in [6.45, 7) is 1.55. The maximum atomic E-state index is 13.3. The second-order valence-corrected chi connectivity index (χ2v) is 8.51. The van der Waals surface area contributed by atoms with Crippen LogP contribution in [-0.4, -0.2) is 32.8 Å². The van der Waals surface area contributed by atoms with E-state index in [0.717, 1.165) is 10.2 Å². The van der Waals surface area contributed by atoms with E-state index in [1.807, 2.05) is 0 Å². The Morgan fingerprint density at radius 2 is 2.00 bits per heavy atom. The van der Waals surface area contributed by atoms with Gasteiger partial charge in [-0.25, -0.2) is 9.37 Å². The average Bonchev–Trinajstić information content (AvgIpc) is 3.32. The molecule has 0 spiro atoms. The van der Waals surface area contributed by atoms with E-state index in [0.29, 0.717) is 16.3 Å². The topological polar surface area (TPSA) is 76.9 Å². The molecule has 3 heterocycles. The van der Waals surface area contributed by atoms with Gasteiger partial charge in [-0.3, -0.25) is 9.59 Å². The highest BCUT2D eigenvalue weighted by Crippen LogP contribution is 2.44. The molecule has 31 heavy (non-hydrogen) atoms. The quantitative estimate of drug-likeness (QED) is 0.345. The summed E-state index contributed by atoms with van der Waals surface area (Å²) in [7, 11) is 0. The number of carbonyl (C=O) groups excluding carboxylic acids is 2. The van der Waals surface area contributed by atoms with E-state index in [2.05, 4.69) is 15.4 Å². The van der Waals surface area contributed by atoms with Gasteiger partial charge in [0.15, 0.2) is 5.92 Å². The number of hydrogen-bond donors (Lipinski definition) is 1. The first-order chi connectivity index (χ1) is 14.7. The number of thioether (sulfide) groups is 1. The fraction of sp³-hybridized carbons (Fsp3) is 0.263.